The summed E-state index contributed by atoms with van der Waals surface area (Å²) in [4.78, 5) is 50.0. The number of carboxylic acids is 2. The first-order chi connectivity index (χ1) is 41.2. The molecule has 4 atom stereocenters. The minimum absolute atomic E-state index is 0. The molecule has 0 saturated carbocycles. The van der Waals surface area contributed by atoms with Crippen LogP contribution in [0.25, 0.3) is 44.8 Å². The molecule has 444 valence electrons. The molecule has 6 aromatic carbocycles. The Morgan fingerprint density at radius 3 is 1.09 bits per heavy atom. The Balaban J connectivity index is 0.000000275. The van der Waals surface area contributed by atoms with Crippen LogP contribution in [-0.2, 0) is 22.7 Å². The van der Waals surface area contributed by atoms with Crippen molar-refractivity contribution >= 4 is 72.9 Å². The van der Waals surface area contributed by atoms with Gasteiger partial charge in [0.1, 0.15) is 11.6 Å². The number of aliphatic hydroxyl groups excluding tert-OH is 4. The summed E-state index contributed by atoms with van der Waals surface area (Å²) < 4.78 is 32.0. The number of hydrogen-bond acceptors (Lipinski definition) is 12. The molecular weight excluding hydrogens is 1140 g/mol. The minimum atomic E-state index is -1.41. The molecule has 6 N–H and O–H groups in total. The quantitative estimate of drug-likeness (QED) is 0.0309. The predicted octanol–water partition coefficient (Wildman–Crippen LogP) is 9.32. The smallest absolute Gasteiger partial charge is 0.550 e. The Morgan fingerprint density at radius 1 is 0.483 bits per heavy atom. The van der Waals surface area contributed by atoms with E-state index in [0.717, 1.165) is 11.1 Å². The van der Waals surface area contributed by atoms with E-state index in [1.54, 1.807) is 72.8 Å². The first-order valence-corrected chi connectivity index (χ1v) is 28.1. The third-order valence-electron chi connectivity index (χ3n) is 14.3. The molecule has 19 heteroatoms. The molecule has 8 rings (SSSR count). The average molecular weight is 1210 g/mol. The summed E-state index contributed by atoms with van der Waals surface area (Å²) in [5, 5.41) is 87.5. The molecule has 87 heavy (non-hydrogen) atoms. The number of amides is 2. The summed E-state index contributed by atoms with van der Waals surface area (Å²) >= 11 is 0. The molecule has 0 bridgehead atoms. The minimum Gasteiger partial charge on any atom is -0.550 e. The van der Waals surface area contributed by atoms with E-state index in [1.165, 1.54) is 24.3 Å². The van der Waals surface area contributed by atoms with E-state index in [4.69, 9.17) is 10.5 Å². The monoisotopic (exact) mass is 1200 g/mol. The molecule has 0 aliphatic rings. The Bertz CT molecular complexity index is 3470. The largest absolute Gasteiger partial charge is 2.00 e. The van der Waals surface area contributed by atoms with Gasteiger partial charge in [0.2, 0.25) is 0 Å². The van der Waals surface area contributed by atoms with E-state index in [1.807, 2.05) is 97.5 Å². The fraction of sp³-hybridized carbons (Fsp3) is 0.265. The fourth-order valence-corrected chi connectivity index (χ4v) is 10.6. The summed E-state index contributed by atoms with van der Waals surface area (Å²) in [5.41, 5.74) is 9.54. The number of carbonyl (C=O) groups excluding carboxylic acids is 4. The Labute approximate surface area is 533 Å². The summed E-state index contributed by atoms with van der Waals surface area (Å²) in [6.07, 6.45) is -5.78. The van der Waals surface area contributed by atoms with Crippen LogP contribution in [0.5, 0.6) is 0 Å². The van der Waals surface area contributed by atoms with E-state index in [-0.39, 0.29) is 100 Å². The van der Waals surface area contributed by atoms with Crippen LogP contribution in [0.2, 0.25) is 0 Å². The van der Waals surface area contributed by atoms with Gasteiger partial charge in [-0.2, -0.15) is 10.5 Å². The van der Waals surface area contributed by atoms with E-state index in [9.17, 15) is 58.6 Å². The molecule has 0 aliphatic heterocycles. The van der Waals surface area contributed by atoms with Crippen LogP contribution in [0.15, 0.2) is 158 Å². The molecule has 2 aromatic heterocycles. The molecule has 8 aromatic rings. The first kappa shape index (κ1) is 67.8. The number of carboxylic acid groups (broad SMARTS) is 2. The zero-order chi connectivity index (χ0) is 62.2. The average Bonchev–Trinajstić information content (AvgIpc) is 1.62. The number of nitriles is 2. The molecule has 0 saturated heterocycles. The summed E-state index contributed by atoms with van der Waals surface area (Å²) in [6, 6.07) is 47.9. The van der Waals surface area contributed by atoms with Crippen LogP contribution >= 0.6 is 0 Å². The van der Waals surface area contributed by atoms with Gasteiger partial charge in [0.15, 0.2) is 0 Å². The van der Waals surface area contributed by atoms with E-state index >= 15 is 0 Å². The second-order valence-electron chi connectivity index (χ2n) is 21.4. The number of hydrogen-bond donors (Lipinski definition) is 6. The van der Waals surface area contributed by atoms with Gasteiger partial charge in [-0.3, -0.25) is 9.59 Å². The van der Waals surface area contributed by atoms with Crippen molar-refractivity contribution in [3.8, 4) is 56.9 Å². The maximum Gasteiger partial charge on any atom is 2.00 e. The maximum atomic E-state index is 14.1. The van der Waals surface area contributed by atoms with Crippen molar-refractivity contribution in [3.05, 3.63) is 203 Å². The number of nitrogens with zero attached hydrogens (tertiary/aromatic N) is 4. The molecule has 2 amide bonds. The van der Waals surface area contributed by atoms with Crippen molar-refractivity contribution < 1.29 is 58.6 Å². The van der Waals surface area contributed by atoms with Crippen molar-refractivity contribution in [1.82, 2.24) is 9.13 Å². The van der Waals surface area contributed by atoms with E-state index in [0.29, 0.717) is 78.7 Å². The third kappa shape index (κ3) is 17.9. The van der Waals surface area contributed by atoms with Crippen molar-refractivity contribution in [1.29, 1.82) is 10.5 Å². The molecular formula is C68H66CaF2N6O10. The molecule has 0 fully saturated rings. The third-order valence-corrected chi connectivity index (χ3v) is 14.3. The Morgan fingerprint density at radius 2 is 0.805 bits per heavy atom. The van der Waals surface area contributed by atoms with Gasteiger partial charge >= 0.3 is 37.7 Å². The molecule has 0 radical (unpaired) electrons. The Hall–Kier alpha value is -8.30. The van der Waals surface area contributed by atoms with Gasteiger partial charge in [-0.1, -0.05) is 88.4 Å². The van der Waals surface area contributed by atoms with Gasteiger partial charge in [-0.25, -0.2) is 8.78 Å². The molecule has 0 aliphatic carbocycles. The van der Waals surface area contributed by atoms with Gasteiger partial charge in [0, 0.05) is 71.8 Å². The maximum absolute atomic E-state index is 14.1. The summed E-state index contributed by atoms with van der Waals surface area (Å²) in [6.45, 7) is 8.26. The number of aliphatic carboxylic acids is 2. The fourth-order valence-electron chi connectivity index (χ4n) is 10.6. The van der Waals surface area contributed by atoms with Crippen LogP contribution in [0.4, 0.5) is 20.2 Å². The van der Waals surface area contributed by atoms with Crippen LogP contribution in [0, 0.1) is 34.3 Å². The van der Waals surface area contributed by atoms with Gasteiger partial charge < -0.3 is 60.0 Å². The number of nitrogens with one attached hydrogen (secondary N) is 2. The van der Waals surface area contributed by atoms with Gasteiger partial charge in [-0.15, -0.1) is 0 Å². The van der Waals surface area contributed by atoms with Crippen LogP contribution in [0.3, 0.4) is 0 Å². The molecule has 0 spiro atoms. The summed E-state index contributed by atoms with van der Waals surface area (Å²) in [5.74, 6) is -4.73. The number of anilines is 2. The first-order valence-electron chi connectivity index (χ1n) is 28.1. The Kier molecular flexibility index (Phi) is 24.9. The normalized spacial score (nSPS) is 12.3. The zero-order valence-electron chi connectivity index (χ0n) is 48.6. The summed E-state index contributed by atoms with van der Waals surface area (Å²) in [7, 11) is 0. The predicted molar refractivity (Wildman–Crippen MR) is 324 cm³/mol. The second kappa shape index (κ2) is 31.9. The van der Waals surface area contributed by atoms with Crippen LogP contribution in [-0.4, -0.2) is 115 Å². The van der Waals surface area contributed by atoms with Crippen LogP contribution < -0.4 is 20.8 Å². The van der Waals surface area contributed by atoms with Gasteiger partial charge in [0.25, 0.3) is 11.8 Å². The number of aliphatic hydroxyl groups is 4. The SMILES string of the molecule is CC(C)c1c(C(=O)Nc2ccc(C#N)cc2)c(-c2ccccc2)c(-c2ccc(F)cc2)n1CC[C@@H](O)C[C@@H](O)CC(=O)[O-].CC(C)c1c(C(=O)Nc2ccc(C#N)cc2)c(-c2ccccc2)c(-c2ccc(F)cc2)n1CC[C@@H](O)C[C@@H](O)CC(=O)[O-].[Ca+2]. The molecule has 2 heterocycles. The number of benzene rings is 6. The van der Waals surface area contributed by atoms with Crippen molar-refractivity contribution in [3.63, 3.8) is 0 Å². The van der Waals surface area contributed by atoms with Crippen molar-refractivity contribution in [2.75, 3.05) is 10.6 Å². The molecule has 16 nitrogen and oxygen atoms in total. The standard InChI is InChI=1S/2C34H34FN3O5.Ca/c2*1-21(2)32-31(34(43)37-26-14-8-22(20-36)9-15-26)30(23-6-4-3-5-7-23)33(24-10-12-25(35)13-11-24)38(32)17-16-27(39)18-28(40)19-29(41)42;/h2*3-15,21,27-28,39-40H,16-19H2,1-2H3,(H,37,43)(H,41,42);/q;;+2/p-2/t2*27-,28-;/m11./s1. The van der Waals surface area contributed by atoms with E-state index in [2.05, 4.69) is 22.8 Å². The van der Waals surface area contributed by atoms with Crippen molar-refractivity contribution in [2.24, 2.45) is 0 Å². The van der Waals surface area contributed by atoms with Gasteiger partial charge in [-0.05, 0) is 157 Å². The number of carbonyl (C=O) groups is 4. The van der Waals surface area contributed by atoms with Crippen molar-refractivity contribution in [2.45, 2.75) is 116 Å². The second-order valence-corrected chi connectivity index (χ2v) is 21.4. The number of halogens is 2. The van der Waals surface area contributed by atoms with E-state index < -0.39 is 60.8 Å². The van der Waals surface area contributed by atoms with Crippen LogP contribution in [0.1, 0.15) is 121 Å². The topological polar surface area (TPSA) is 277 Å². The van der Waals surface area contributed by atoms with Gasteiger partial charge in [0.05, 0.1) is 70.2 Å². The number of aromatic nitrogens is 2. The molecule has 0 unspecified atom stereocenters. The number of rotatable bonds is 24. The zero-order valence-corrected chi connectivity index (χ0v) is 50.8.